The molecule has 0 bridgehead atoms. The van der Waals surface area contributed by atoms with Gasteiger partial charge < -0.3 is 15.6 Å². The molecule has 1 unspecified atom stereocenters. The summed E-state index contributed by atoms with van der Waals surface area (Å²) in [5, 5.41) is 2.69. The zero-order valence-electron chi connectivity index (χ0n) is 15.0. The normalized spacial score (nSPS) is 18.7. The predicted molar refractivity (Wildman–Crippen MR) is 95.1 cm³/mol. The smallest absolute Gasteiger partial charge is 0.330 e. The minimum absolute atomic E-state index is 0.157. The van der Waals surface area contributed by atoms with Crippen LogP contribution in [0.4, 0.5) is 0 Å². The van der Waals surface area contributed by atoms with Crippen molar-refractivity contribution in [1.82, 2.24) is 18.8 Å². The monoisotopic (exact) mass is 387 g/mol. The van der Waals surface area contributed by atoms with Gasteiger partial charge in [-0.1, -0.05) is 6.42 Å². The summed E-state index contributed by atoms with van der Waals surface area (Å²) >= 11 is 0. The number of piperidine rings is 1. The summed E-state index contributed by atoms with van der Waals surface area (Å²) in [5.41, 5.74) is 3.88. The number of amides is 1. The molecule has 0 radical (unpaired) electrons. The van der Waals surface area contributed by atoms with Crippen LogP contribution in [0.25, 0.3) is 0 Å². The van der Waals surface area contributed by atoms with Crippen molar-refractivity contribution in [3.8, 4) is 0 Å². The van der Waals surface area contributed by atoms with Crippen molar-refractivity contribution in [2.75, 3.05) is 19.6 Å². The summed E-state index contributed by atoms with van der Waals surface area (Å²) in [7, 11) is -1.47. The van der Waals surface area contributed by atoms with Crippen LogP contribution in [0.2, 0.25) is 0 Å². The van der Waals surface area contributed by atoms with Gasteiger partial charge in [0.15, 0.2) is 4.90 Å². The lowest BCUT2D eigenvalue weighted by molar-refractivity contribution is -0.121. The second-order valence-electron chi connectivity index (χ2n) is 6.36. The minimum atomic E-state index is -4.10. The lowest BCUT2D eigenvalue weighted by Gasteiger charge is -2.34. The van der Waals surface area contributed by atoms with E-state index in [1.54, 1.807) is 0 Å². The topological polar surface area (TPSA) is 136 Å². The van der Waals surface area contributed by atoms with Crippen LogP contribution in [0.3, 0.4) is 0 Å². The number of rotatable bonds is 6. The van der Waals surface area contributed by atoms with Gasteiger partial charge in [0, 0.05) is 52.4 Å². The summed E-state index contributed by atoms with van der Waals surface area (Å²) in [6, 6.07) is -0.447. The second kappa shape index (κ2) is 8.14. The van der Waals surface area contributed by atoms with Gasteiger partial charge in [0.2, 0.25) is 15.9 Å². The van der Waals surface area contributed by atoms with E-state index in [0.29, 0.717) is 12.8 Å². The average Bonchev–Trinajstić information content (AvgIpc) is 2.61. The van der Waals surface area contributed by atoms with Crippen LogP contribution in [0.15, 0.2) is 20.7 Å². The number of nitrogens with two attached hydrogens (primary N) is 1. The maximum Gasteiger partial charge on any atom is 0.330 e. The highest BCUT2D eigenvalue weighted by Gasteiger charge is 2.36. The Labute approximate surface area is 151 Å². The molecule has 0 spiro atoms. The molecule has 1 aliphatic heterocycles. The van der Waals surface area contributed by atoms with Gasteiger partial charge in [0.1, 0.15) is 0 Å². The van der Waals surface area contributed by atoms with E-state index in [0.717, 1.165) is 21.8 Å². The fourth-order valence-corrected chi connectivity index (χ4v) is 4.87. The molecule has 2 rings (SSSR count). The van der Waals surface area contributed by atoms with Gasteiger partial charge in [-0.05, 0) is 12.8 Å². The number of hydrogen-bond donors (Lipinski definition) is 2. The zero-order chi connectivity index (χ0) is 19.5. The van der Waals surface area contributed by atoms with Crippen LogP contribution in [0, 0.1) is 0 Å². The summed E-state index contributed by atoms with van der Waals surface area (Å²) in [4.78, 5) is 35.4. The van der Waals surface area contributed by atoms with Crippen LogP contribution in [0.1, 0.15) is 25.7 Å². The number of carbonyl (C=O) groups is 1. The first-order valence-corrected chi connectivity index (χ1v) is 9.89. The molecule has 1 atom stereocenters. The van der Waals surface area contributed by atoms with Crippen molar-refractivity contribution in [3.05, 3.63) is 27.0 Å². The lowest BCUT2D eigenvalue weighted by Crippen LogP contribution is -2.51. The molecular formula is C15H25N5O5S. The van der Waals surface area contributed by atoms with E-state index >= 15 is 0 Å². The number of aromatic nitrogens is 2. The Balaban J connectivity index is 2.35. The van der Waals surface area contributed by atoms with Crippen molar-refractivity contribution < 1.29 is 13.2 Å². The molecule has 0 aliphatic carbocycles. The van der Waals surface area contributed by atoms with E-state index in [1.807, 2.05) is 0 Å². The van der Waals surface area contributed by atoms with Crippen LogP contribution >= 0.6 is 0 Å². The first-order valence-electron chi connectivity index (χ1n) is 8.45. The van der Waals surface area contributed by atoms with Gasteiger partial charge in [-0.15, -0.1) is 0 Å². The number of aryl methyl sites for hydroxylation is 1. The number of nitrogens with one attached hydrogen (secondary N) is 1. The fourth-order valence-electron chi connectivity index (χ4n) is 3.02. The van der Waals surface area contributed by atoms with E-state index in [2.05, 4.69) is 5.32 Å². The largest absolute Gasteiger partial charge is 0.354 e. The third-order valence-corrected chi connectivity index (χ3v) is 6.42. The Morgan fingerprint density at radius 1 is 1.31 bits per heavy atom. The van der Waals surface area contributed by atoms with E-state index in [4.69, 9.17) is 5.73 Å². The molecule has 1 saturated heterocycles. The van der Waals surface area contributed by atoms with E-state index in [-0.39, 0.29) is 32.0 Å². The Morgan fingerprint density at radius 3 is 2.65 bits per heavy atom. The number of sulfonamides is 1. The zero-order valence-corrected chi connectivity index (χ0v) is 15.8. The van der Waals surface area contributed by atoms with E-state index in [9.17, 15) is 22.8 Å². The maximum absolute atomic E-state index is 13.1. The highest BCUT2D eigenvalue weighted by atomic mass is 32.2. The van der Waals surface area contributed by atoms with Crippen LogP contribution in [0.5, 0.6) is 0 Å². The SMILES string of the molecule is Cn1cc(S(=O)(=O)N2CCCCC2CNC(=O)CCN)c(=O)n(C)c1=O. The van der Waals surface area contributed by atoms with Crippen LogP contribution < -0.4 is 22.3 Å². The van der Waals surface area contributed by atoms with Gasteiger partial charge in [-0.25, -0.2) is 13.2 Å². The molecule has 0 saturated carbocycles. The molecule has 146 valence electrons. The quantitative estimate of drug-likeness (QED) is 0.585. The molecule has 2 heterocycles. The Morgan fingerprint density at radius 2 is 2.00 bits per heavy atom. The Kier molecular flexibility index (Phi) is 6.37. The Bertz CT molecular complexity index is 889. The van der Waals surface area contributed by atoms with Gasteiger partial charge in [0.25, 0.3) is 5.56 Å². The molecule has 0 aromatic carbocycles. The van der Waals surface area contributed by atoms with Crippen LogP contribution in [-0.2, 0) is 28.9 Å². The number of nitrogens with zero attached hydrogens (tertiary/aromatic N) is 3. The lowest BCUT2D eigenvalue weighted by atomic mass is 10.1. The molecule has 1 aliphatic rings. The van der Waals surface area contributed by atoms with Crippen molar-refractivity contribution in [2.24, 2.45) is 19.8 Å². The molecule has 10 nitrogen and oxygen atoms in total. The maximum atomic E-state index is 13.1. The highest BCUT2D eigenvalue weighted by Crippen LogP contribution is 2.23. The Hall–Kier alpha value is -1.98. The highest BCUT2D eigenvalue weighted by molar-refractivity contribution is 7.89. The number of carbonyl (C=O) groups excluding carboxylic acids is 1. The summed E-state index contributed by atoms with van der Waals surface area (Å²) in [6.45, 7) is 0.627. The number of hydrogen-bond acceptors (Lipinski definition) is 6. The van der Waals surface area contributed by atoms with Crippen molar-refractivity contribution >= 4 is 15.9 Å². The third kappa shape index (κ3) is 4.05. The predicted octanol–water partition coefficient (Wildman–Crippen LogP) is -1.91. The second-order valence-corrected chi connectivity index (χ2v) is 8.22. The molecule has 1 aromatic heterocycles. The molecular weight excluding hydrogens is 362 g/mol. The molecule has 3 N–H and O–H groups in total. The van der Waals surface area contributed by atoms with Gasteiger partial charge in [0.05, 0.1) is 0 Å². The van der Waals surface area contributed by atoms with Crippen molar-refractivity contribution in [1.29, 1.82) is 0 Å². The molecule has 26 heavy (non-hydrogen) atoms. The fraction of sp³-hybridized carbons (Fsp3) is 0.667. The minimum Gasteiger partial charge on any atom is -0.354 e. The van der Waals surface area contributed by atoms with Crippen molar-refractivity contribution in [3.63, 3.8) is 0 Å². The summed E-state index contributed by atoms with van der Waals surface area (Å²) in [6.07, 6.45) is 3.29. The van der Waals surface area contributed by atoms with E-state index < -0.39 is 32.2 Å². The standard InChI is InChI=1S/C15H25N5O5S/c1-18-10-12(14(22)19(2)15(18)23)26(24,25)20-8-4-3-5-11(20)9-17-13(21)6-7-16/h10-11H,3-9,16H2,1-2H3,(H,17,21). The first kappa shape index (κ1) is 20.3. The van der Waals surface area contributed by atoms with Gasteiger partial charge in [-0.2, -0.15) is 4.31 Å². The third-order valence-electron chi connectivity index (χ3n) is 4.48. The average molecular weight is 387 g/mol. The summed E-state index contributed by atoms with van der Waals surface area (Å²) < 4.78 is 29.2. The first-order chi connectivity index (χ1) is 12.2. The molecule has 1 amide bonds. The molecule has 11 heteroatoms. The summed E-state index contributed by atoms with van der Waals surface area (Å²) in [5.74, 6) is -0.242. The molecule has 1 aromatic rings. The van der Waals surface area contributed by atoms with Crippen molar-refractivity contribution in [2.45, 2.75) is 36.6 Å². The van der Waals surface area contributed by atoms with E-state index in [1.165, 1.54) is 18.4 Å². The van der Waals surface area contributed by atoms with Gasteiger partial charge in [-0.3, -0.25) is 14.2 Å². The molecule has 1 fully saturated rings. The van der Waals surface area contributed by atoms with Gasteiger partial charge >= 0.3 is 5.69 Å². The van der Waals surface area contributed by atoms with Crippen LogP contribution in [-0.4, -0.2) is 53.4 Å².